The molecule has 5 nitrogen and oxygen atoms in total. The zero-order valence-electron chi connectivity index (χ0n) is 20.4. The number of nitrogens with zero attached hydrogens (tertiary/aromatic N) is 1. The third kappa shape index (κ3) is 4.59. The molecule has 1 heterocycles. The summed E-state index contributed by atoms with van der Waals surface area (Å²) in [6, 6.07) is 25.0. The van der Waals surface area contributed by atoms with Crippen molar-refractivity contribution >= 4 is 23.1 Å². The highest BCUT2D eigenvalue weighted by molar-refractivity contribution is 6.05. The van der Waals surface area contributed by atoms with Gasteiger partial charge in [0, 0.05) is 24.6 Å². The van der Waals surface area contributed by atoms with Crippen molar-refractivity contribution in [3.63, 3.8) is 0 Å². The maximum absolute atomic E-state index is 13.6. The Hall–Kier alpha value is -3.86. The van der Waals surface area contributed by atoms with E-state index in [1.165, 1.54) is 0 Å². The molecule has 0 saturated heterocycles. The van der Waals surface area contributed by atoms with E-state index in [0.717, 1.165) is 40.4 Å². The Morgan fingerprint density at radius 2 is 1.66 bits per heavy atom. The van der Waals surface area contributed by atoms with Gasteiger partial charge in [-0.2, -0.15) is 0 Å². The van der Waals surface area contributed by atoms with Crippen molar-refractivity contribution in [2.24, 2.45) is 5.41 Å². The molecular formula is C30H30N2O3. The molecule has 0 bridgehead atoms. The molecule has 3 aromatic rings. The van der Waals surface area contributed by atoms with Crippen molar-refractivity contribution in [3.8, 4) is 5.75 Å². The maximum Gasteiger partial charge on any atom is 0.224 e. The maximum atomic E-state index is 13.6. The molecule has 1 amide bonds. The van der Waals surface area contributed by atoms with Crippen LogP contribution in [0.25, 0.3) is 0 Å². The minimum absolute atomic E-state index is 0.0808. The molecule has 5 heteroatoms. The number of rotatable bonds is 4. The van der Waals surface area contributed by atoms with Gasteiger partial charge in [0.15, 0.2) is 5.78 Å². The van der Waals surface area contributed by atoms with Crippen molar-refractivity contribution in [1.82, 2.24) is 0 Å². The van der Waals surface area contributed by atoms with Crippen LogP contribution in [0.2, 0.25) is 0 Å². The first-order chi connectivity index (χ1) is 16.8. The van der Waals surface area contributed by atoms with E-state index in [2.05, 4.69) is 19.2 Å². The average Bonchev–Trinajstić information content (AvgIpc) is 2.97. The molecule has 0 fully saturated rings. The minimum atomic E-state index is -0.509. The number of ketones is 1. The second-order valence-electron chi connectivity index (χ2n) is 10.1. The zero-order valence-corrected chi connectivity index (χ0v) is 20.4. The molecular weight excluding hydrogens is 436 g/mol. The summed E-state index contributed by atoms with van der Waals surface area (Å²) in [7, 11) is 0. The summed E-state index contributed by atoms with van der Waals surface area (Å²) in [4.78, 5) is 28.4. The molecule has 0 spiro atoms. The van der Waals surface area contributed by atoms with E-state index in [1.807, 2.05) is 78.9 Å². The second-order valence-corrected chi connectivity index (χ2v) is 10.1. The molecule has 0 radical (unpaired) electrons. The lowest BCUT2D eigenvalue weighted by atomic mass is 9.73. The van der Waals surface area contributed by atoms with Crippen LogP contribution in [-0.4, -0.2) is 11.7 Å². The first-order valence-corrected chi connectivity index (χ1v) is 12.0. The van der Waals surface area contributed by atoms with Gasteiger partial charge in [-0.25, -0.2) is 0 Å². The number of amides is 1. The Labute approximate surface area is 206 Å². The van der Waals surface area contributed by atoms with E-state index in [9.17, 15) is 9.59 Å². The highest BCUT2D eigenvalue weighted by Crippen LogP contribution is 2.48. The van der Waals surface area contributed by atoms with Crippen molar-refractivity contribution in [2.75, 3.05) is 10.2 Å². The lowest BCUT2D eigenvalue weighted by Crippen LogP contribution is -2.38. The van der Waals surface area contributed by atoms with E-state index < -0.39 is 6.04 Å². The van der Waals surface area contributed by atoms with Gasteiger partial charge in [0.25, 0.3) is 0 Å². The van der Waals surface area contributed by atoms with Crippen molar-refractivity contribution in [2.45, 2.75) is 46.3 Å². The predicted octanol–water partition coefficient (Wildman–Crippen LogP) is 6.43. The number of allylic oxidation sites excluding steroid dienone is 1. The average molecular weight is 467 g/mol. The number of hydrogen-bond acceptors (Lipinski definition) is 4. The summed E-state index contributed by atoms with van der Waals surface area (Å²) in [5, 5.41) is 3.52. The SMILES string of the molecule is CC(=O)N1c2ccccc2NC2=C(C(=O)CC(C)(C)C2)C1c1ccc(OCc2ccccc2)cc1. The fourth-order valence-electron chi connectivity index (χ4n) is 5.14. The number of para-hydroxylation sites is 2. The molecule has 35 heavy (non-hydrogen) atoms. The Morgan fingerprint density at radius 3 is 2.37 bits per heavy atom. The van der Waals surface area contributed by atoms with Crippen LogP contribution in [0.4, 0.5) is 11.4 Å². The fraction of sp³-hybridized carbons (Fsp3) is 0.267. The number of carbonyl (C=O) groups excluding carboxylic acids is 2. The molecule has 1 aliphatic carbocycles. The van der Waals surface area contributed by atoms with Gasteiger partial charge in [-0.3, -0.25) is 14.5 Å². The predicted molar refractivity (Wildman–Crippen MR) is 138 cm³/mol. The topological polar surface area (TPSA) is 58.6 Å². The van der Waals surface area contributed by atoms with E-state index in [1.54, 1.807) is 11.8 Å². The lowest BCUT2D eigenvalue weighted by Gasteiger charge is -2.36. The molecule has 1 unspecified atom stereocenters. The summed E-state index contributed by atoms with van der Waals surface area (Å²) in [5.41, 5.74) is 5.01. The smallest absolute Gasteiger partial charge is 0.224 e. The number of hydrogen-bond donors (Lipinski definition) is 1. The number of nitrogens with one attached hydrogen (secondary N) is 1. The fourth-order valence-corrected chi connectivity index (χ4v) is 5.14. The van der Waals surface area contributed by atoms with E-state index >= 15 is 0 Å². The van der Waals surface area contributed by atoms with Crippen LogP contribution in [0, 0.1) is 5.41 Å². The van der Waals surface area contributed by atoms with E-state index in [0.29, 0.717) is 18.6 Å². The standard InChI is InChI=1S/C30H30N2O3/c1-20(33)32-26-12-8-7-11-24(26)31-25-17-30(2,3)18-27(34)28(25)29(32)22-13-15-23(16-14-22)35-19-21-9-5-4-6-10-21/h4-16,29,31H,17-19H2,1-3H3. The van der Waals surface area contributed by atoms with E-state index in [-0.39, 0.29) is 17.1 Å². The highest BCUT2D eigenvalue weighted by atomic mass is 16.5. The summed E-state index contributed by atoms with van der Waals surface area (Å²) < 4.78 is 5.97. The molecule has 5 rings (SSSR count). The Bertz CT molecular complexity index is 1290. The number of anilines is 2. The molecule has 3 aromatic carbocycles. The monoisotopic (exact) mass is 466 g/mol. The van der Waals surface area contributed by atoms with Crippen LogP contribution in [0.1, 0.15) is 50.8 Å². The highest BCUT2D eigenvalue weighted by Gasteiger charge is 2.42. The van der Waals surface area contributed by atoms with Gasteiger partial charge < -0.3 is 10.1 Å². The molecule has 178 valence electrons. The largest absolute Gasteiger partial charge is 0.489 e. The van der Waals surface area contributed by atoms with Crippen LogP contribution in [-0.2, 0) is 16.2 Å². The lowest BCUT2D eigenvalue weighted by molar-refractivity contribution is -0.118. The Morgan fingerprint density at radius 1 is 0.971 bits per heavy atom. The Balaban J connectivity index is 1.56. The van der Waals surface area contributed by atoms with Gasteiger partial charge in [0.05, 0.1) is 17.4 Å². The van der Waals surface area contributed by atoms with E-state index in [4.69, 9.17) is 4.74 Å². The molecule has 0 saturated carbocycles. The number of benzene rings is 3. The number of ether oxygens (including phenoxy) is 1. The van der Waals surface area contributed by atoms with Gasteiger partial charge in [0.1, 0.15) is 12.4 Å². The molecule has 1 aliphatic heterocycles. The number of fused-ring (bicyclic) bond motifs is 1. The molecule has 0 aromatic heterocycles. The third-order valence-corrected chi connectivity index (χ3v) is 6.68. The van der Waals surface area contributed by atoms with Crippen LogP contribution in [0.3, 0.4) is 0 Å². The van der Waals surface area contributed by atoms with Crippen LogP contribution in [0.5, 0.6) is 5.75 Å². The summed E-state index contributed by atoms with van der Waals surface area (Å²) in [6.07, 6.45) is 1.19. The minimum Gasteiger partial charge on any atom is -0.489 e. The Kier molecular flexibility index (Phi) is 5.93. The van der Waals surface area contributed by atoms with Gasteiger partial charge in [-0.15, -0.1) is 0 Å². The van der Waals surface area contributed by atoms with Crippen molar-refractivity contribution in [3.05, 3.63) is 101 Å². The summed E-state index contributed by atoms with van der Waals surface area (Å²) >= 11 is 0. The van der Waals surface area contributed by atoms with Gasteiger partial charge in [0.2, 0.25) is 5.91 Å². The van der Waals surface area contributed by atoms with Crippen LogP contribution in [0.15, 0.2) is 90.1 Å². The first-order valence-electron chi connectivity index (χ1n) is 12.0. The van der Waals surface area contributed by atoms with Crippen molar-refractivity contribution < 1.29 is 14.3 Å². The zero-order chi connectivity index (χ0) is 24.6. The van der Waals surface area contributed by atoms with Crippen LogP contribution < -0.4 is 15.0 Å². The quantitative estimate of drug-likeness (QED) is 0.481. The number of Topliss-reactive ketones (excluding diaryl/α,β-unsaturated/α-hetero) is 1. The molecule has 1 atom stereocenters. The van der Waals surface area contributed by atoms with Gasteiger partial charge in [-0.05, 0) is 47.2 Å². The molecule has 2 aliphatic rings. The first kappa shape index (κ1) is 22.9. The number of carbonyl (C=O) groups is 2. The van der Waals surface area contributed by atoms with Crippen molar-refractivity contribution in [1.29, 1.82) is 0 Å². The van der Waals surface area contributed by atoms with Gasteiger partial charge in [-0.1, -0.05) is 68.4 Å². The third-order valence-electron chi connectivity index (χ3n) is 6.68. The molecule has 1 N–H and O–H groups in total. The van der Waals surface area contributed by atoms with Crippen LogP contribution >= 0.6 is 0 Å². The second kappa shape index (κ2) is 9.06. The summed E-state index contributed by atoms with van der Waals surface area (Å²) in [6.45, 7) is 6.26. The summed E-state index contributed by atoms with van der Waals surface area (Å²) in [5.74, 6) is 0.710. The normalized spacial score (nSPS) is 18.8. The van der Waals surface area contributed by atoms with Gasteiger partial charge >= 0.3 is 0 Å².